The van der Waals surface area contributed by atoms with E-state index < -0.39 is 30.4 Å². The van der Waals surface area contributed by atoms with Gasteiger partial charge in [0.2, 0.25) is 5.91 Å². The Morgan fingerprint density at radius 3 is 2.39 bits per heavy atom. The second-order valence-electron chi connectivity index (χ2n) is 6.80. The number of rotatable bonds is 8. The maximum absolute atomic E-state index is 12.4. The van der Waals surface area contributed by atoms with Crippen molar-refractivity contribution in [2.45, 2.75) is 39.7 Å². The molecular weight excluding hydrogens is 364 g/mol. The highest BCUT2D eigenvalue weighted by Crippen LogP contribution is 2.14. The fraction of sp³-hybridized carbons (Fsp3) is 0.500. The van der Waals surface area contributed by atoms with Gasteiger partial charge in [-0.3, -0.25) is 19.3 Å². The highest BCUT2D eigenvalue weighted by atomic mass is 16.5. The van der Waals surface area contributed by atoms with Gasteiger partial charge in [0, 0.05) is 18.5 Å². The minimum absolute atomic E-state index is 0.248. The van der Waals surface area contributed by atoms with Crippen LogP contribution in [0.5, 0.6) is 5.75 Å². The van der Waals surface area contributed by atoms with Crippen molar-refractivity contribution in [3.63, 3.8) is 0 Å². The molecule has 0 unspecified atom stereocenters. The molecule has 152 valence electrons. The quantitative estimate of drug-likeness (QED) is 0.676. The molecule has 1 aliphatic rings. The van der Waals surface area contributed by atoms with E-state index in [1.165, 1.54) is 0 Å². The Hall–Kier alpha value is -2.90. The van der Waals surface area contributed by atoms with E-state index in [1.54, 1.807) is 38.1 Å². The Morgan fingerprint density at radius 1 is 1.18 bits per heavy atom. The normalized spacial score (nSPS) is 14.7. The number of likely N-dealkylation sites (tertiary alicyclic amines) is 1. The summed E-state index contributed by atoms with van der Waals surface area (Å²) in [6.45, 7) is 5.73. The summed E-state index contributed by atoms with van der Waals surface area (Å²) in [6, 6.07) is 5.64. The van der Waals surface area contributed by atoms with E-state index >= 15 is 0 Å². The summed E-state index contributed by atoms with van der Waals surface area (Å²) in [4.78, 5) is 49.5. The second kappa shape index (κ2) is 9.87. The van der Waals surface area contributed by atoms with Crippen molar-refractivity contribution in [1.29, 1.82) is 0 Å². The van der Waals surface area contributed by atoms with Gasteiger partial charge in [0.15, 0.2) is 6.61 Å². The summed E-state index contributed by atoms with van der Waals surface area (Å²) in [6.07, 6.45) is 0.942. The molecule has 0 aromatic heterocycles. The highest BCUT2D eigenvalue weighted by molar-refractivity contribution is 5.99. The number of amides is 3. The lowest BCUT2D eigenvalue weighted by Crippen LogP contribution is -2.46. The fourth-order valence-corrected chi connectivity index (χ4v) is 2.80. The number of esters is 1. The van der Waals surface area contributed by atoms with E-state index in [9.17, 15) is 19.2 Å². The summed E-state index contributed by atoms with van der Waals surface area (Å²) in [7, 11) is 0. The van der Waals surface area contributed by atoms with Crippen LogP contribution in [-0.4, -0.2) is 54.4 Å². The number of nitrogens with one attached hydrogen (secondary N) is 1. The Kier molecular flexibility index (Phi) is 7.54. The van der Waals surface area contributed by atoms with Gasteiger partial charge < -0.3 is 14.8 Å². The van der Waals surface area contributed by atoms with Gasteiger partial charge in [-0.25, -0.2) is 4.79 Å². The zero-order valence-corrected chi connectivity index (χ0v) is 16.4. The van der Waals surface area contributed by atoms with Crippen molar-refractivity contribution in [3.8, 4) is 5.75 Å². The van der Waals surface area contributed by atoms with Crippen LogP contribution in [0.2, 0.25) is 0 Å². The van der Waals surface area contributed by atoms with Crippen LogP contribution in [0.15, 0.2) is 24.3 Å². The standard InChI is InChI=1S/C20H26N2O6/c1-4-27-15-9-7-14(8-10-15)19(25)21-18(13(2)3)20(26)28-12-17(24)22-11-5-6-16(22)23/h7-10,13,18H,4-6,11-12H2,1-3H3,(H,21,25)/t18-/m0/s1. The number of benzene rings is 1. The predicted octanol–water partition coefficient (Wildman–Crippen LogP) is 1.53. The molecule has 0 saturated carbocycles. The number of hydrogen-bond acceptors (Lipinski definition) is 6. The largest absolute Gasteiger partial charge is 0.494 e. The second-order valence-corrected chi connectivity index (χ2v) is 6.80. The van der Waals surface area contributed by atoms with Gasteiger partial charge in [-0.05, 0) is 43.5 Å². The third-order valence-electron chi connectivity index (χ3n) is 4.35. The summed E-state index contributed by atoms with van der Waals surface area (Å²) < 4.78 is 10.4. The number of carbonyl (C=O) groups is 4. The molecule has 0 radical (unpaired) electrons. The average molecular weight is 390 g/mol. The van der Waals surface area contributed by atoms with Gasteiger partial charge in [-0.2, -0.15) is 0 Å². The zero-order chi connectivity index (χ0) is 20.7. The van der Waals surface area contributed by atoms with Gasteiger partial charge in [0.25, 0.3) is 11.8 Å². The molecule has 1 atom stereocenters. The van der Waals surface area contributed by atoms with Crippen LogP contribution in [0.1, 0.15) is 44.0 Å². The van der Waals surface area contributed by atoms with Gasteiger partial charge in [-0.1, -0.05) is 13.8 Å². The van der Waals surface area contributed by atoms with E-state index in [-0.39, 0.29) is 11.8 Å². The first-order valence-corrected chi connectivity index (χ1v) is 9.37. The zero-order valence-electron chi connectivity index (χ0n) is 16.4. The molecule has 0 spiro atoms. The Morgan fingerprint density at radius 2 is 1.86 bits per heavy atom. The molecule has 1 aromatic carbocycles. The summed E-state index contributed by atoms with van der Waals surface area (Å²) in [5.41, 5.74) is 0.376. The minimum atomic E-state index is -0.916. The molecule has 1 aromatic rings. The summed E-state index contributed by atoms with van der Waals surface area (Å²) in [5, 5.41) is 2.64. The van der Waals surface area contributed by atoms with Crippen molar-refractivity contribution in [2.24, 2.45) is 5.92 Å². The highest BCUT2D eigenvalue weighted by Gasteiger charge is 2.30. The lowest BCUT2D eigenvalue weighted by Gasteiger charge is -2.21. The van der Waals surface area contributed by atoms with Crippen molar-refractivity contribution < 1.29 is 28.7 Å². The number of nitrogens with zero attached hydrogens (tertiary/aromatic N) is 1. The molecule has 1 aliphatic heterocycles. The van der Waals surface area contributed by atoms with Gasteiger partial charge in [0.05, 0.1) is 6.61 Å². The van der Waals surface area contributed by atoms with Gasteiger partial charge in [-0.15, -0.1) is 0 Å². The maximum atomic E-state index is 12.4. The topological polar surface area (TPSA) is 102 Å². The van der Waals surface area contributed by atoms with Crippen LogP contribution in [0, 0.1) is 5.92 Å². The lowest BCUT2D eigenvalue weighted by atomic mass is 10.0. The van der Waals surface area contributed by atoms with Crippen LogP contribution >= 0.6 is 0 Å². The third-order valence-corrected chi connectivity index (χ3v) is 4.35. The van der Waals surface area contributed by atoms with Crippen molar-refractivity contribution in [3.05, 3.63) is 29.8 Å². The SMILES string of the molecule is CCOc1ccc(C(=O)N[C@H](C(=O)OCC(=O)N2CCCC2=O)C(C)C)cc1. The van der Waals surface area contributed by atoms with Crippen LogP contribution < -0.4 is 10.1 Å². The minimum Gasteiger partial charge on any atom is -0.494 e. The van der Waals surface area contributed by atoms with E-state index in [1.807, 2.05) is 6.92 Å². The molecule has 28 heavy (non-hydrogen) atoms. The molecule has 8 nitrogen and oxygen atoms in total. The molecule has 1 N–H and O–H groups in total. The monoisotopic (exact) mass is 390 g/mol. The number of carbonyl (C=O) groups excluding carboxylic acids is 4. The smallest absolute Gasteiger partial charge is 0.329 e. The van der Waals surface area contributed by atoms with Crippen LogP contribution in [0.4, 0.5) is 0 Å². The first-order valence-electron chi connectivity index (χ1n) is 9.37. The molecule has 0 bridgehead atoms. The van der Waals surface area contributed by atoms with Crippen LogP contribution in [-0.2, 0) is 19.1 Å². The fourth-order valence-electron chi connectivity index (χ4n) is 2.80. The van der Waals surface area contributed by atoms with Crippen molar-refractivity contribution in [1.82, 2.24) is 10.2 Å². The Bertz CT molecular complexity index is 729. The maximum Gasteiger partial charge on any atom is 0.329 e. The van der Waals surface area contributed by atoms with Gasteiger partial charge >= 0.3 is 5.97 Å². The van der Waals surface area contributed by atoms with Crippen LogP contribution in [0.25, 0.3) is 0 Å². The molecule has 0 aliphatic carbocycles. The number of hydrogen-bond donors (Lipinski definition) is 1. The third kappa shape index (κ3) is 5.55. The summed E-state index contributed by atoms with van der Waals surface area (Å²) in [5.74, 6) is -1.55. The molecule has 1 heterocycles. The number of imide groups is 1. The molecule has 3 amide bonds. The van der Waals surface area contributed by atoms with Crippen molar-refractivity contribution in [2.75, 3.05) is 19.8 Å². The predicted molar refractivity (Wildman–Crippen MR) is 101 cm³/mol. The van der Waals surface area contributed by atoms with E-state index in [2.05, 4.69) is 5.32 Å². The Labute approximate surface area is 164 Å². The molecule has 2 rings (SSSR count). The molecular formula is C20H26N2O6. The molecule has 8 heteroatoms. The summed E-state index contributed by atoms with van der Waals surface area (Å²) >= 11 is 0. The first-order chi connectivity index (χ1) is 13.3. The van der Waals surface area contributed by atoms with Gasteiger partial charge in [0.1, 0.15) is 11.8 Å². The molecule has 1 fully saturated rings. The molecule has 1 saturated heterocycles. The van der Waals surface area contributed by atoms with E-state index in [0.29, 0.717) is 37.3 Å². The lowest BCUT2D eigenvalue weighted by molar-refractivity contribution is -0.156. The van der Waals surface area contributed by atoms with Crippen LogP contribution in [0.3, 0.4) is 0 Å². The van der Waals surface area contributed by atoms with E-state index in [4.69, 9.17) is 9.47 Å². The first kappa shape index (κ1) is 21.4. The number of ether oxygens (including phenoxy) is 2. The van der Waals surface area contributed by atoms with Crippen molar-refractivity contribution >= 4 is 23.7 Å². The average Bonchev–Trinajstić information content (AvgIpc) is 3.10. The Balaban J connectivity index is 1.93. The van der Waals surface area contributed by atoms with E-state index in [0.717, 1.165) is 4.90 Å².